The van der Waals surface area contributed by atoms with E-state index in [2.05, 4.69) is 33.9 Å². The molecule has 0 radical (unpaired) electrons. The number of allylic oxidation sites excluding steroid dienone is 5. The third-order valence-electron chi connectivity index (χ3n) is 2.16. The summed E-state index contributed by atoms with van der Waals surface area (Å²) in [6, 6.07) is 0. The molecule has 0 spiro atoms. The molecule has 2 nitrogen and oxygen atoms in total. The Bertz CT molecular complexity index is 293. The summed E-state index contributed by atoms with van der Waals surface area (Å²) in [5.41, 5.74) is 1.82. The van der Waals surface area contributed by atoms with Crippen LogP contribution in [0.4, 0.5) is 0 Å². The molecule has 0 aromatic heterocycles. The summed E-state index contributed by atoms with van der Waals surface area (Å²) in [6.45, 7) is 15.7. The summed E-state index contributed by atoms with van der Waals surface area (Å²) in [4.78, 5) is 4.94. The van der Waals surface area contributed by atoms with E-state index in [0.717, 1.165) is 11.1 Å². The second-order valence-electron chi connectivity index (χ2n) is 4.26. The molecule has 0 aromatic rings. The van der Waals surface area contributed by atoms with E-state index in [1.807, 2.05) is 13.0 Å². The molecule has 0 unspecified atom stereocenters. The summed E-state index contributed by atoms with van der Waals surface area (Å²) in [7, 11) is 0. The van der Waals surface area contributed by atoms with Crippen LogP contribution in [0.5, 0.6) is 0 Å². The number of hydrogen-bond donors (Lipinski definition) is 1. The lowest BCUT2D eigenvalue weighted by molar-refractivity contribution is 0.215. The summed E-state index contributed by atoms with van der Waals surface area (Å²) < 4.78 is 0. The Morgan fingerprint density at radius 1 is 1.20 bits per heavy atom. The van der Waals surface area contributed by atoms with E-state index < -0.39 is 0 Å². The molecular weight excluding hydrogens is 186 g/mol. The fourth-order valence-electron chi connectivity index (χ4n) is 1.46. The standard InChI is InChI=1S/C13H21NO/c1-7-10(8-2)12(15-14)11(9-3)13(4,5)6/h7-9H,1-2,14H2,3-6H3/b11-9+. The monoisotopic (exact) mass is 207 g/mol. The van der Waals surface area contributed by atoms with Crippen molar-refractivity contribution in [2.24, 2.45) is 11.3 Å². The molecule has 2 N–H and O–H groups in total. The Balaban J connectivity index is 5.58. The Labute approximate surface area is 92.8 Å². The quantitative estimate of drug-likeness (QED) is 0.435. The average molecular weight is 207 g/mol. The van der Waals surface area contributed by atoms with Gasteiger partial charge in [-0.3, -0.25) is 0 Å². The first-order chi connectivity index (χ1) is 6.92. The Morgan fingerprint density at radius 3 is 1.87 bits per heavy atom. The Morgan fingerprint density at radius 2 is 1.67 bits per heavy atom. The van der Waals surface area contributed by atoms with E-state index in [9.17, 15) is 0 Å². The predicted octanol–water partition coefficient (Wildman–Crippen LogP) is 3.50. The molecule has 0 amide bonds. The lowest BCUT2D eigenvalue weighted by Crippen LogP contribution is -2.16. The largest absolute Gasteiger partial charge is 0.411 e. The minimum absolute atomic E-state index is 0.0271. The van der Waals surface area contributed by atoms with Crippen LogP contribution < -0.4 is 5.90 Å². The van der Waals surface area contributed by atoms with Crippen molar-refractivity contribution in [1.29, 1.82) is 0 Å². The van der Waals surface area contributed by atoms with Gasteiger partial charge in [-0.15, -0.1) is 0 Å². The molecule has 0 atom stereocenters. The van der Waals surface area contributed by atoms with Gasteiger partial charge in [0.2, 0.25) is 0 Å². The smallest absolute Gasteiger partial charge is 0.157 e. The van der Waals surface area contributed by atoms with Gasteiger partial charge in [0.25, 0.3) is 0 Å². The lowest BCUT2D eigenvalue weighted by atomic mass is 9.84. The van der Waals surface area contributed by atoms with Crippen molar-refractivity contribution in [2.75, 3.05) is 0 Å². The zero-order chi connectivity index (χ0) is 12.1. The lowest BCUT2D eigenvalue weighted by Gasteiger charge is -2.24. The number of hydrogen-bond acceptors (Lipinski definition) is 2. The molecule has 0 aliphatic carbocycles. The molecule has 0 rings (SSSR count). The third kappa shape index (κ3) is 3.40. The highest BCUT2D eigenvalue weighted by atomic mass is 16.6. The van der Waals surface area contributed by atoms with E-state index in [-0.39, 0.29) is 5.41 Å². The first-order valence-corrected chi connectivity index (χ1v) is 4.95. The SMILES string of the molecule is C=CC(C=C)=C(ON)/C(=C\C)C(C)(C)C. The molecule has 15 heavy (non-hydrogen) atoms. The van der Waals surface area contributed by atoms with Crippen LogP contribution in [0.15, 0.2) is 48.3 Å². The molecule has 2 heteroatoms. The van der Waals surface area contributed by atoms with Gasteiger partial charge >= 0.3 is 0 Å². The summed E-state index contributed by atoms with van der Waals surface area (Å²) in [6.07, 6.45) is 5.37. The van der Waals surface area contributed by atoms with Gasteiger partial charge in [0.05, 0.1) is 0 Å². The van der Waals surface area contributed by atoms with E-state index in [1.165, 1.54) is 0 Å². The van der Waals surface area contributed by atoms with Crippen molar-refractivity contribution in [2.45, 2.75) is 27.7 Å². The van der Waals surface area contributed by atoms with E-state index in [0.29, 0.717) is 5.76 Å². The molecule has 0 aliphatic heterocycles. The van der Waals surface area contributed by atoms with Gasteiger partial charge in [-0.05, 0) is 17.9 Å². The van der Waals surface area contributed by atoms with Gasteiger partial charge < -0.3 is 4.84 Å². The summed E-state index contributed by atoms with van der Waals surface area (Å²) in [5, 5.41) is 0. The summed E-state index contributed by atoms with van der Waals surface area (Å²) >= 11 is 0. The number of rotatable bonds is 4. The zero-order valence-corrected chi connectivity index (χ0v) is 10.1. The van der Waals surface area contributed by atoms with Crippen LogP contribution in [0.1, 0.15) is 27.7 Å². The van der Waals surface area contributed by atoms with Crippen molar-refractivity contribution in [3.8, 4) is 0 Å². The van der Waals surface area contributed by atoms with Gasteiger partial charge in [0.15, 0.2) is 5.76 Å². The van der Waals surface area contributed by atoms with Crippen LogP contribution in [-0.2, 0) is 4.84 Å². The highest BCUT2D eigenvalue weighted by Gasteiger charge is 2.22. The molecule has 0 fully saturated rings. The van der Waals surface area contributed by atoms with Crippen LogP contribution in [0.2, 0.25) is 0 Å². The van der Waals surface area contributed by atoms with Crippen LogP contribution in [0.3, 0.4) is 0 Å². The Kier molecular flexibility index (Phi) is 5.09. The fraction of sp³-hybridized carbons (Fsp3) is 0.385. The average Bonchev–Trinajstić information content (AvgIpc) is 2.16. The maximum Gasteiger partial charge on any atom is 0.157 e. The van der Waals surface area contributed by atoms with E-state index in [4.69, 9.17) is 10.7 Å². The van der Waals surface area contributed by atoms with Crippen molar-refractivity contribution in [3.05, 3.63) is 48.3 Å². The molecular formula is C13H21NO. The highest BCUT2D eigenvalue weighted by molar-refractivity contribution is 5.43. The molecule has 84 valence electrons. The van der Waals surface area contributed by atoms with Crippen molar-refractivity contribution < 1.29 is 4.84 Å². The molecule has 0 aliphatic rings. The van der Waals surface area contributed by atoms with Gasteiger partial charge in [-0.1, -0.05) is 52.2 Å². The molecule has 0 saturated carbocycles. The maximum absolute atomic E-state index is 5.30. The van der Waals surface area contributed by atoms with Gasteiger partial charge in [0.1, 0.15) is 0 Å². The second kappa shape index (κ2) is 5.56. The van der Waals surface area contributed by atoms with Gasteiger partial charge in [0, 0.05) is 5.57 Å². The third-order valence-corrected chi connectivity index (χ3v) is 2.16. The summed E-state index contributed by atoms with van der Waals surface area (Å²) in [5.74, 6) is 5.94. The van der Waals surface area contributed by atoms with Crippen LogP contribution in [0.25, 0.3) is 0 Å². The predicted molar refractivity (Wildman–Crippen MR) is 65.9 cm³/mol. The van der Waals surface area contributed by atoms with Crippen LogP contribution in [-0.4, -0.2) is 0 Å². The van der Waals surface area contributed by atoms with Crippen molar-refractivity contribution >= 4 is 0 Å². The Hall–Kier alpha value is -1.28. The topological polar surface area (TPSA) is 35.2 Å². The van der Waals surface area contributed by atoms with Gasteiger partial charge in [-0.25, -0.2) is 0 Å². The maximum atomic E-state index is 5.30. The molecule has 0 heterocycles. The van der Waals surface area contributed by atoms with E-state index in [1.54, 1.807) is 12.2 Å². The van der Waals surface area contributed by atoms with Crippen LogP contribution in [0, 0.1) is 5.41 Å². The first-order valence-electron chi connectivity index (χ1n) is 4.95. The molecule has 0 saturated heterocycles. The highest BCUT2D eigenvalue weighted by Crippen LogP contribution is 2.33. The minimum atomic E-state index is -0.0271. The number of nitrogens with two attached hydrogens (primary N) is 1. The van der Waals surface area contributed by atoms with Crippen LogP contribution >= 0.6 is 0 Å². The first kappa shape index (κ1) is 13.7. The molecule has 0 aromatic carbocycles. The molecule has 0 bridgehead atoms. The second-order valence-corrected chi connectivity index (χ2v) is 4.26. The fourth-order valence-corrected chi connectivity index (χ4v) is 1.46. The minimum Gasteiger partial charge on any atom is -0.411 e. The van der Waals surface area contributed by atoms with Crippen molar-refractivity contribution in [1.82, 2.24) is 0 Å². The normalized spacial score (nSPS) is 11.9. The van der Waals surface area contributed by atoms with Gasteiger partial charge in [-0.2, -0.15) is 5.90 Å². The van der Waals surface area contributed by atoms with Crippen molar-refractivity contribution in [3.63, 3.8) is 0 Å². The van der Waals surface area contributed by atoms with E-state index >= 15 is 0 Å². The zero-order valence-electron chi connectivity index (χ0n) is 10.1.